The molecule has 1 aromatic heterocycles. The number of anilines is 1. The third-order valence-corrected chi connectivity index (χ3v) is 4.05. The van der Waals surface area contributed by atoms with Crippen molar-refractivity contribution in [3.05, 3.63) is 76.5 Å². The molecule has 2 aromatic carbocycles. The molecule has 0 fully saturated rings. The van der Waals surface area contributed by atoms with E-state index in [4.69, 9.17) is 4.74 Å². The fourth-order valence-corrected chi connectivity index (χ4v) is 2.71. The van der Waals surface area contributed by atoms with E-state index in [0.717, 1.165) is 22.0 Å². The number of aryl methyl sites for hydroxylation is 1. The number of hydrogen-bond donors (Lipinski definition) is 1. The molecule has 3 aromatic rings. The molecule has 0 aliphatic rings. The van der Waals surface area contributed by atoms with Crippen molar-refractivity contribution in [2.45, 2.75) is 13.5 Å². The van der Waals surface area contributed by atoms with E-state index < -0.39 is 0 Å². The highest BCUT2D eigenvalue weighted by Gasteiger charge is 2.02. The zero-order valence-electron chi connectivity index (χ0n) is 13.1. The quantitative estimate of drug-likeness (QED) is 0.526. The van der Waals surface area contributed by atoms with Crippen LogP contribution in [0.15, 0.2) is 59.0 Å². The van der Waals surface area contributed by atoms with Gasteiger partial charge in [0.05, 0.1) is 11.9 Å². The van der Waals surface area contributed by atoms with Crippen molar-refractivity contribution in [3.8, 4) is 5.75 Å². The number of hydrazone groups is 1. The summed E-state index contributed by atoms with van der Waals surface area (Å²) >= 11 is 1.50. The molecule has 0 spiro atoms. The molecule has 0 saturated heterocycles. The van der Waals surface area contributed by atoms with Crippen LogP contribution < -0.4 is 10.2 Å². The van der Waals surface area contributed by atoms with Crippen molar-refractivity contribution < 1.29 is 9.13 Å². The van der Waals surface area contributed by atoms with Gasteiger partial charge in [-0.15, -0.1) is 11.3 Å². The van der Waals surface area contributed by atoms with Crippen LogP contribution in [0.3, 0.4) is 0 Å². The van der Waals surface area contributed by atoms with Gasteiger partial charge in [0.2, 0.25) is 5.13 Å². The molecule has 0 amide bonds. The van der Waals surface area contributed by atoms with E-state index in [-0.39, 0.29) is 5.82 Å². The summed E-state index contributed by atoms with van der Waals surface area (Å²) in [5.41, 5.74) is 5.45. The molecule has 122 valence electrons. The maximum atomic E-state index is 13.2. The minimum absolute atomic E-state index is 0.270. The number of thiazole rings is 1. The second-order valence-electron chi connectivity index (χ2n) is 5.12. The maximum absolute atomic E-state index is 13.2. The van der Waals surface area contributed by atoms with Crippen LogP contribution in [0.4, 0.5) is 9.52 Å². The van der Waals surface area contributed by atoms with Crippen LogP contribution in [0, 0.1) is 12.7 Å². The summed E-state index contributed by atoms with van der Waals surface area (Å²) in [4.78, 5) is 4.28. The molecular formula is C18H16FN3OS. The first kappa shape index (κ1) is 16.1. The summed E-state index contributed by atoms with van der Waals surface area (Å²) in [6.07, 6.45) is 1.68. The number of ether oxygens (including phenoxy) is 1. The Morgan fingerprint density at radius 3 is 2.92 bits per heavy atom. The zero-order chi connectivity index (χ0) is 16.8. The summed E-state index contributed by atoms with van der Waals surface area (Å²) < 4.78 is 19.0. The molecule has 0 saturated carbocycles. The minimum atomic E-state index is -0.270. The standard InChI is InChI=1S/C18H16FN3OS/c1-13-12-24-18(21-13)22-20-10-15-6-2-3-8-17(15)23-11-14-5-4-7-16(19)9-14/h2-10,12H,11H2,1H3,(H,21,22). The van der Waals surface area contributed by atoms with Crippen molar-refractivity contribution in [1.29, 1.82) is 0 Å². The van der Waals surface area contributed by atoms with Gasteiger partial charge in [0, 0.05) is 10.9 Å². The van der Waals surface area contributed by atoms with E-state index >= 15 is 0 Å². The molecule has 0 aliphatic carbocycles. The summed E-state index contributed by atoms with van der Waals surface area (Å²) in [5.74, 6) is 0.413. The summed E-state index contributed by atoms with van der Waals surface area (Å²) in [5, 5.41) is 6.88. The Kier molecular flexibility index (Phi) is 5.18. The Bertz CT molecular complexity index is 848. The minimum Gasteiger partial charge on any atom is -0.488 e. The van der Waals surface area contributed by atoms with Crippen LogP contribution in [-0.2, 0) is 6.61 Å². The topological polar surface area (TPSA) is 46.5 Å². The number of aromatic nitrogens is 1. The second-order valence-corrected chi connectivity index (χ2v) is 5.98. The average molecular weight is 341 g/mol. The number of nitrogens with one attached hydrogen (secondary N) is 1. The zero-order valence-corrected chi connectivity index (χ0v) is 13.9. The maximum Gasteiger partial charge on any atom is 0.203 e. The predicted molar refractivity (Wildman–Crippen MR) is 95.2 cm³/mol. The lowest BCUT2D eigenvalue weighted by Crippen LogP contribution is -1.99. The Morgan fingerprint density at radius 1 is 1.25 bits per heavy atom. The molecule has 6 heteroatoms. The highest BCUT2D eigenvalue weighted by Crippen LogP contribution is 2.19. The van der Waals surface area contributed by atoms with Crippen molar-refractivity contribution in [2.24, 2.45) is 5.10 Å². The molecule has 0 bridgehead atoms. The number of hydrogen-bond acceptors (Lipinski definition) is 5. The van der Waals surface area contributed by atoms with Gasteiger partial charge in [0.1, 0.15) is 18.2 Å². The molecular weight excluding hydrogens is 325 g/mol. The smallest absolute Gasteiger partial charge is 0.203 e. The second kappa shape index (κ2) is 7.70. The molecule has 0 atom stereocenters. The van der Waals surface area contributed by atoms with Gasteiger partial charge in [-0.25, -0.2) is 9.37 Å². The fourth-order valence-electron chi connectivity index (χ4n) is 2.07. The average Bonchev–Trinajstić information content (AvgIpc) is 2.99. The van der Waals surface area contributed by atoms with E-state index in [9.17, 15) is 4.39 Å². The van der Waals surface area contributed by atoms with Crippen molar-refractivity contribution in [2.75, 3.05) is 5.43 Å². The van der Waals surface area contributed by atoms with Crippen molar-refractivity contribution >= 4 is 22.7 Å². The molecule has 0 unspecified atom stereocenters. The third kappa shape index (κ3) is 4.39. The normalized spacial score (nSPS) is 10.9. The first-order chi connectivity index (χ1) is 11.7. The number of halogens is 1. The summed E-state index contributed by atoms with van der Waals surface area (Å²) in [6, 6.07) is 13.9. The molecule has 24 heavy (non-hydrogen) atoms. The number of para-hydroxylation sites is 1. The predicted octanol–water partition coefficient (Wildman–Crippen LogP) is 4.62. The summed E-state index contributed by atoms with van der Waals surface area (Å²) in [7, 11) is 0. The number of rotatable bonds is 6. The van der Waals surface area contributed by atoms with E-state index in [2.05, 4.69) is 15.5 Å². The van der Waals surface area contributed by atoms with Gasteiger partial charge in [-0.05, 0) is 36.8 Å². The molecule has 4 nitrogen and oxygen atoms in total. The van der Waals surface area contributed by atoms with Crippen molar-refractivity contribution in [1.82, 2.24) is 4.98 Å². The molecule has 1 heterocycles. The fraction of sp³-hybridized carbons (Fsp3) is 0.111. The van der Waals surface area contributed by atoms with E-state index in [1.165, 1.54) is 23.5 Å². The van der Waals surface area contributed by atoms with Crippen molar-refractivity contribution in [3.63, 3.8) is 0 Å². The molecule has 1 N–H and O–H groups in total. The van der Waals surface area contributed by atoms with Crippen LogP contribution in [0.25, 0.3) is 0 Å². The monoisotopic (exact) mass is 341 g/mol. The molecule has 0 radical (unpaired) electrons. The first-order valence-corrected chi connectivity index (χ1v) is 8.26. The van der Waals surface area contributed by atoms with E-state index in [1.54, 1.807) is 12.3 Å². The molecule has 0 aliphatic heterocycles. The molecule has 3 rings (SSSR count). The van der Waals surface area contributed by atoms with Gasteiger partial charge in [0.25, 0.3) is 0 Å². The third-order valence-electron chi connectivity index (χ3n) is 3.19. The lowest BCUT2D eigenvalue weighted by atomic mass is 10.2. The lowest BCUT2D eigenvalue weighted by Gasteiger charge is -2.09. The summed E-state index contributed by atoms with van der Waals surface area (Å²) in [6.45, 7) is 2.22. The number of nitrogens with zero attached hydrogens (tertiary/aromatic N) is 2. The lowest BCUT2D eigenvalue weighted by molar-refractivity contribution is 0.305. The van der Waals surface area contributed by atoms with E-state index in [0.29, 0.717) is 12.4 Å². The Morgan fingerprint density at radius 2 is 2.12 bits per heavy atom. The van der Waals surface area contributed by atoms with Gasteiger partial charge in [-0.1, -0.05) is 24.3 Å². The SMILES string of the molecule is Cc1csc(NN=Cc2ccccc2OCc2cccc(F)c2)n1. The first-order valence-electron chi connectivity index (χ1n) is 7.38. The van der Waals surface area contributed by atoms with Gasteiger partial charge >= 0.3 is 0 Å². The Balaban J connectivity index is 1.66. The number of benzene rings is 2. The van der Waals surface area contributed by atoms with Crippen LogP contribution in [0.1, 0.15) is 16.8 Å². The van der Waals surface area contributed by atoms with Gasteiger partial charge in [0.15, 0.2) is 0 Å². The van der Waals surface area contributed by atoms with Gasteiger partial charge in [-0.2, -0.15) is 5.10 Å². The van der Waals surface area contributed by atoms with Gasteiger partial charge in [-0.3, -0.25) is 5.43 Å². The van der Waals surface area contributed by atoms with E-state index in [1.807, 2.05) is 42.6 Å². The largest absolute Gasteiger partial charge is 0.488 e. The van der Waals surface area contributed by atoms with Crippen LogP contribution in [0.2, 0.25) is 0 Å². The highest BCUT2D eigenvalue weighted by atomic mass is 32.1. The highest BCUT2D eigenvalue weighted by molar-refractivity contribution is 7.13. The van der Waals surface area contributed by atoms with Gasteiger partial charge < -0.3 is 4.74 Å². The van der Waals surface area contributed by atoms with Crippen LogP contribution in [0.5, 0.6) is 5.75 Å². The Labute approximate surface area is 143 Å². The Hall–Kier alpha value is -2.73. The van der Waals surface area contributed by atoms with Crippen LogP contribution in [-0.4, -0.2) is 11.2 Å². The van der Waals surface area contributed by atoms with Crippen LogP contribution >= 0.6 is 11.3 Å².